The number of aromatic nitrogens is 3. The molecule has 0 fully saturated rings. The molecule has 21 heavy (non-hydrogen) atoms. The molecule has 1 aromatic carbocycles. The lowest BCUT2D eigenvalue weighted by atomic mass is 10.1. The van der Waals surface area contributed by atoms with Crippen molar-refractivity contribution in [2.45, 2.75) is 19.9 Å². The Labute approximate surface area is 127 Å². The van der Waals surface area contributed by atoms with E-state index >= 15 is 0 Å². The molecule has 2 aromatic heterocycles. The molecule has 0 bridgehead atoms. The molecule has 0 radical (unpaired) electrons. The van der Waals surface area contributed by atoms with Crippen LogP contribution in [0.3, 0.4) is 0 Å². The lowest BCUT2D eigenvalue weighted by molar-refractivity contribution is 0.783. The number of aryl methyl sites for hydroxylation is 1. The third kappa shape index (κ3) is 2.23. The molecule has 1 aliphatic rings. The van der Waals surface area contributed by atoms with Crippen LogP contribution in [-0.2, 0) is 13.0 Å². The Balaban J connectivity index is 1.74. The first-order valence-electron chi connectivity index (χ1n) is 7.08. The fourth-order valence-electron chi connectivity index (χ4n) is 2.88. The highest BCUT2D eigenvalue weighted by Crippen LogP contribution is 2.34. The molecule has 3 aromatic rings. The van der Waals surface area contributed by atoms with Gasteiger partial charge in [-0.3, -0.25) is 0 Å². The van der Waals surface area contributed by atoms with E-state index < -0.39 is 0 Å². The van der Waals surface area contributed by atoms with Gasteiger partial charge in [-0.05, 0) is 18.9 Å². The van der Waals surface area contributed by atoms with Gasteiger partial charge in [0.2, 0.25) is 0 Å². The van der Waals surface area contributed by atoms with Gasteiger partial charge in [-0.2, -0.15) is 0 Å². The lowest BCUT2D eigenvalue weighted by Crippen LogP contribution is -2.02. The molecular formula is C16H16N4S. The highest BCUT2D eigenvalue weighted by molar-refractivity contribution is 7.09. The Hall–Kier alpha value is -2.14. The van der Waals surface area contributed by atoms with Gasteiger partial charge in [-0.1, -0.05) is 18.2 Å². The molecule has 3 heterocycles. The van der Waals surface area contributed by atoms with Gasteiger partial charge in [-0.25, -0.2) is 9.97 Å². The first kappa shape index (κ1) is 12.6. The number of nitrogens with one attached hydrogen (secondary N) is 1. The molecular weight excluding hydrogens is 280 g/mol. The zero-order valence-corrected chi connectivity index (χ0v) is 12.7. The number of fused-ring (bicyclic) bond motifs is 1. The Morgan fingerprint density at radius 1 is 1.38 bits per heavy atom. The Kier molecular flexibility index (Phi) is 3.00. The van der Waals surface area contributed by atoms with Gasteiger partial charge in [0, 0.05) is 23.2 Å². The van der Waals surface area contributed by atoms with Crippen molar-refractivity contribution in [2.24, 2.45) is 0 Å². The maximum atomic E-state index is 4.55. The minimum Gasteiger partial charge on any atom is -0.384 e. The predicted octanol–water partition coefficient (Wildman–Crippen LogP) is 3.33. The molecule has 0 saturated carbocycles. The quantitative estimate of drug-likeness (QED) is 0.806. The van der Waals surface area contributed by atoms with E-state index in [9.17, 15) is 0 Å². The van der Waals surface area contributed by atoms with E-state index in [1.54, 1.807) is 11.3 Å². The number of para-hydroxylation sites is 1. The van der Waals surface area contributed by atoms with E-state index in [2.05, 4.69) is 43.4 Å². The summed E-state index contributed by atoms with van der Waals surface area (Å²) in [7, 11) is 0. The van der Waals surface area contributed by atoms with Crippen LogP contribution in [0, 0.1) is 6.92 Å². The molecule has 0 saturated heterocycles. The van der Waals surface area contributed by atoms with Crippen LogP contribution in [0.4, 0.5) is 5.69 Å². The van der Waals surface area contributed by atoms with Crippen molar-refractivity contribution in [3.63, 3.8) is 0 Å². The van der Waals surface area contributed by atoms with E-state index in [1.165, 1.54) is 16.8 Å². The third-order valence-electron chi connectivity index (χ3n) is 3.83. The second-order valence-electron chi connectivity index (χ2n) is 5.28. The summed E-state index contributed by atoms with van der Waals surface area (Å²) in [6.45, 7) is 3.83. The summed E-state index contributed by atoms with van der Waals surface area (Å²) < 4.78 is 2.17. The average molecular weight is 296 g/mol. The number of benzene rings is 1. The van der Waals surface area contributed by atoms with Crippen LogP contribution >= 0.6 is 11.3 Å². The van der Waals surface area contributed by atoms with Crippen LogP contribution in [0.25, 0.3) is 11.3 Å². The van der Waals surface area contributed by atoms with Crippen molar-refractivity contribution in [3.8, 4) is 11.3 Å². The number of rotatable bonds is 3. The van der Waals surface area contributed by atoms with Crippen LogP contribution in [0.5, 0.6) is 0 Å². The van der Waals surface area contributed by atoms with Gasteiger partial charge >= 0.3 is 0 Å². The molecule has 0 unspecified atom stereocenters. The summed E-state index contributed by atoms with van der Waals surface area (Å²) in [6.07, 6.45) is 4.93. The smallest absolute Gasteiger partial charge is 0.0954 e. The highest BCUT2D eigenvalue weighted by atomic mass is 32.1. The Morgan fingerprint density at radius 2 is 2.33 bits per heavy atom. The number of nitrogens with zero attached hydrogens (tertiary/aromatic N) is 3. The van der Waals surface area contributed by atoms with Crippen LogP contribution < -0.4 is 5.32 Å². The summed E-state index contributed by atoms with van der Waals surface area (Å²) in [5, 5.41) is 6.72. The van der Waals surface area contributed by atoms with Crippen LogP contribution in [0.2, 0.25) is 0 Å². The molecule has 0 spiro atoms. The van der Waals surface area contributed by atoms with Crippen LogP contribution in [0.1, 0.15) is 16.3 Å². The second kappa shape index (κ2) is 5.00. The highest BCUT2D eigenvalue weighted by Gasteiger charge is 2.17. The van der Waals surface area contributed by atoms with E-state index in [-0.39, 0.29) is 0 Å². The van der Waals surface area contributed by atoms with Gasteiger partial charge < -0.3 is 9.88 Å². The van der Waals surface area contributed by atoms with E-state index in [0.29, 0.717) is 0 Å². The van der Waals surface area contributed by atoms with Crippen molar-refractivity contribution < 1.29 is 0 Å². The first-order valence-corrected chi connectivity index (χ1v) is 7.96. The Bertz CT molecular complexity index is 787. The summed E-state index contributed by atoms with van der Waals surface area (Å²) in [6, 6.07) is 6.49. The fourth-order valence-corrected chi connectivity index (χ4v) is 3.48. The number of thiazole rings is 1. The molecule has 106 valence electrons. The number of hydrogen-bond acceptors (Lipinski definition) is 4. The van der Waals surface area contributed by atoms with Crippen molar-refractivity contribution in [2.75, 3.05) is 11.9 Å². The maximum absolute atomic E-state index is 4.55. The number of hydrogen-bond donors (Lipinski definition) is 1. The molecule has 0 aliphatic carbocycles. The normalized spacial score (nSPS) is 13.2. The molecule has 1 N–H and O–H groups in total. The molecule has 0 atom stereocenters. The minimum atomic E-state index is 0.767. The lowest BCUT2D eigenvalue weighted by Gasteiger charge is -2.11. The van der Waals surface area contributed by atoms with E-state index in [4.69, 9.17) is 0 Å². The summed E-state index contributed by atoms with van der Waals surface area (Å²) >= 11 is 1.69. The topological polar surface area (TPSA) is 42.7 Å². The number of imidazole rings is 1. The van der Waals surface area contributed by atoms with Crippen molar-refractivity contribution in [1.82, 2.24) is 14.5 Å². The third-order valence-corrected chi connectivity index (χ3v) is 4.66. The standard InChI is InChI=1S/C16H16N4S/c1-11-19-13(9-21-11)8-20-10-17-7-15(20)14-4-2-3-12-5-6-18-16(12)14/h2-4,7,9-10,18H,5-6,8H2,1H3. The maximum Gasteiger partial charge on any atom is 0.0954 e. The Morgan fingerprint density at radius 3 is 3.19 bits per heavy atom. The SMILES string of the molecule is Cc1nc(Cn2cncc2-c2cccc3c2NCC3)cs1. The molecule has 4 rings (SSSR count). The van der Waals surface area contributed by atoms with Gasteiger partial charge in [0.1, 0.15) is 0 Å². The van der Waals surface area contributed by atoms with Crippen molar-refractivity contribution >= 4 is 17.0 Å². The van der Waals surface area contributed by atoms with E-state index in [1.807, 2.05) is 19.4 Å². The fraction of sp³-hybridized carbons (Fsp3) is 0.250. The predicted molar refractivity (Wildman–Crippen MR) is 85.8 cm³/mol. The summed E-state index contributed by atoms with van der Waals surface area (Å²) in [4.78, 5) is 8.88. The van der Waals surface area contributed by atoms with E-state index in [0.717, 1.165) is 35.9 Å². The molecule has 4 nitrogen and oxygen atoms in total. The van der Waals surface area contributed by atoms with Crippen molar-refractivity contribution in [3.05, 3.63) is 52.4 Å². The zero-order chi connectivity index (χ0) is 14.2. The summed E-state index contributed by atoms with van der Waals surface area (Å²) in [5.41, 5.74) is 6.12. The van der Waals surface area contributed by atoms with Gasteiger partial charge in [0.15, 0.2) is 0 Å². The van der Waals surface area contributed by atoms with Crippen molar-refractivity contribution in [1.29, 1.82) is 0 Å². The summed E-state index contributed by atoms with van der Waals surface area (Å²) in [5.74, 6) is 0. The average Bonchev–Trinajstić information content (AvgIpc) is 3.19. The monoisotopic (exact) mass is 296 g/mol. The molecule has 1 aliphatic heterocycles. The van der Waals surface area contributed by atoms with Gasteiger partial charge in [0.05, 0.1) is 35.5 Å². The minimum absolute atomic E-state index is 0.767. The number of anilines is 1. The van der Waals surface area contributed by atoms with Crippen LogP contribution in [0.15, 0.2) is 36.1 Å². The van der Waals surface area contributed by atoms with Crippen LogP contribution in [-0.4, -0.2) is 21.1 Å². The zero-order valence-electron chi connectivity index (χ0n) is 11.8. The first-order chi connectivity index (χ1) is 10.3. The molecule has 5 heteroatoms. The van der Waals surface area contributed by atoms with Gasteiger partial charge in [0.25, 0.3) is 0 Å². The second-order valence-corrected chi connectivity index (χ2v) is 6.34. The van der Waals surface area contributed by atoms with Gasteiger partial charge in [-0.15, -0.1) is 11.3 Å². The largest absolute Gasteiger partial charge is 0.384 e. The molecule has 0 amide bonds.